The number of ether oxygens (including phenoxy) is 1. The first-order valence-electron chi connectivity index (χ1n) is 5.64. The maximum atomic E-state index is 12.7. The first-order valence-corrected chi connectivity index (χ1v) is 5.64. The predicted octanol–water partition coefficient (Wildman–Crippen LogP) is 1.01. The van der Waals surface area contributed by atoms with E-state index in [0.717, 1.165) is 12.1 Å². The Morgan fingerprint density at radius 3 is 2.39 bits per heavy atom. The zero-order valence-electron chi connectivity index (χ0n) is 9.69. The Morgan fingerprint density at radius 1 is 1.17 bits per heavy atom. The normalized spacial score (nSPS) is 15.3. The number of carbonyl (C=O) groups is 2. The number of hydrogen-bond donors (Lipinski definition) is 1. The highest BCUT2D eigenvalue weighted by Gasteiger charge is 2.21. The summed E-state index contributed by atoms with van der Waals surface area (Å²) in [5.74, 6) is -1.21. The number of hydrogen-bond acceptors (Lipinski definition) is 4. The molecule has 96 valence electrons. The molecule has 0 aromatic heterocycles. The van der Waals surface area contributed by atoms with E-state index in [1.54, 1.807) is 0 Å². The van der Waals surface area contributed by atoms with Crippen molar-refractivity contribution in [3.05, 3.63) is 35.6 Å². The van der Waals surface area contributed by atoms with Gasteiger partial charge in [0.15, 0.2) is 0 Å². The second kappa shape index (κ2) is 5.59. The number of carbonyl (C=O) groups excluding carboxylic acids is 2. The fourth-order valence-electron chi connectivity index (χ4n) is 1.64. The molecule has 1 heterocycles. The molecule has 1 saturated heterocycles. The van der Waals surface area contributed by atoms with E-state index in [1.165, 1.54) is 17.0 Å². The molecule has 1 aliphatic heterocycles. The molecular formula is C12H13FN2O3. The van der Waals surface area contributed by atoms with Gasteiger partial charge in [0.05, 0.1) is 5.56 Å². The summed E-state index contributed by atoms with van der Waals surface area (Å²) in [5.41, 5.74) is 0.153. The van der Waals surface area contributed by atoms with Crippen LogP contribution >= 0.6 is 0 Å². The van der Waals surface area contributed by atoms with Gasteiger partial charge in [-0.15, -0.1) is 0 Å². The minimum Gasteiger partial charge on any atom is -0.372 e. The molecule has 1 aromatic rings. The van der Waals surface area contributed by atoms with E-state index in [1.807, 2.05) is 0 Å². The number of rotatable bonds is 1. The minimum atomic E-state index is -0.765. The first-order chi connectivity index (χ1) is 8.66. The van der Waals surface area contributed by atoms with Crippen LogP contribution in [0.15, 0.2) is 24.3 Å². The quantitative estimate of drug-likeness (QED) is 0.598. The van der Waals surface area contributed by atoms with Crippen molar-refractivity contribution in [2.45, 2.75) is 0 Å². The van der Waals surface area contributed by atoms with Crippen LogP contribution < -0.4 is 5.32 Å². The minimum absolute atomic E-state index is 0.153. The van der Waals surface area contributed by atoms with Gasteiger partial charge in [-0.25, -0.2) is 14.0 Å². The van der Waals surface area contributed by atoms with E-state index in [2.05, 4.69) is 5.32 Å². The van der Waals surface area contributed by atoms with Crippen molar-refractivity contribution in [1.82, 2.24) is 10.2 Å². The summed E-state index contributed by atoms with van der Waals surface area (Å²) in [7, 11) is 0. The molecule has 1 amide bonds. The van der Waals surface area contributed by atoms with Crippen molar-refractivity contribution in [1.29, 1.82) is 0 Å². The topological polar surface area (TPSA) is 58.6 Å². The Bertz CT molecular complexity index is 441. The Hall–Kier alpha value is -1.95. The summed E-state index contributed by atoms with van der Waals surface area (Å²) in [4.78, 5) is 24.7. The van der Waals surface area contributed by atoms with E-state index in [9.17, 15) is 14.0 Å². The number of nitrogens with zero attached hydrogens (tertiary/aromatic N) is 1. The van der Waals surface area contributed by atoms with Crippen LogP contribution in [0.25, 0.3) is 0 Å². The summed E-state index contributed by atoms with van der Waals surface area (Å²) < 4.78 is 17.4. The van der Waals surface area contributed by atoms with Gasteiger partial charge in [0.2, 0.25) is 0 Å². The zero-order valence-corrected chi connectivity index (χ0v) is 9.69. The average molecular weight is 252 g/mol. The fraction of sp³-hybridized carbons (Fsp3) is 0.333. The van der Waals surface area contributed by atoms with Crippen molar-refractivity contribution in [2.75, 3.05) is 26.2 Å². The van der Waals surface area contributed by atoms with Crippen molar-refractivity contribution < 1.29 is 18.7 Å². The van der Waals surface area contributed by atoms with Crippen LogP contribution in [-0.4, -0.2) is 43.1 Å². The number of nitrogens with one attached hydrogen (secondary N) is 1. The Morgan fingerprint density at radius 2 is 1.78 bits per heavy atom. The molecule has 1 N–H and O–H groups in total. The zero-order chi connectivity index (χ0) is 13.0. The summed E-state index contributed by atoms with van der Waals surface area (Å²) in [5, 5.41) is 3.08. The van der Waals surface area contributed by atoms with Gasteiger partial charge in [-0.2, -0.15) is 0 Å². The summed E-state index contributed by atoms with van der Waals surface area (Å²) in [6, 6.07) is 4.85. The highest BCUT2D eigenvalue weighted by atomic mass is 19.1. The van der Waals surface area contributed by atoms with Gasteiger partial charge in [-0.1, -0.05) is 0 Å². The highest BCUT2D eigenvalue weighted by Crippen LogP contribution is 2.06. The van der Waals surface area contributed by atoms with Crippen LogP contribution in [0.1, 0.15) is 10.4 Å². The van der Waals surface area contributed by atoms with Crippen LogP contribution in [-0.2, 0) is 4.74 Å². The number of piperazine rings is 1. The first kappa shape index (κ1) is 12.5. The number of esters is 1. The van der Waals surface area contributed by atoms with Crippen molar-refractivity contribution in [3.63, 3.8) is 0 Å². The van der Waals surface area contributed by atoms with E-state index in [4.69, 9.17) is 4.74 Å². The van der Waals surface area contributed by atoms with Crippen LogP contribution in [0.2, 0.25) is 0 Å². The lowest BCUT2D eigenvalue weighted by Crippen LogP contribution is -2.47. The standard InChI is InChI=1S/C12H13FN2O3/c13-10-3-1-9(2-4-10)11(16)18-12(17)15-7-5-14-6-8-15/h1-4,14H,5-8H2. The lowest BCUT2D eigenvalue weighted by Gasteiger charge is -2.25. The highest BCUT2D eigenvalue weighted by molar-refractivity contribution is 5.96. The smallest absolute Gasteiger partial charge is 0.372 e. The van der Waals surface area contributed by atoms with Crippen LogP contribution in [0.4, 0.5) is 9.18 Å². The molecule has 0 unspecified atom stereocenters. The lowest BCUT2D eigenvalue weighted by atomic mass is 10.2. The second-order valence-corrected chi connectivity index (χ2v) is 3.90. The monoisotopic (exact) mass is 252 g/mol. The fourth-order valence-corrected chi connectivity index (χ4v) is 1.64. The van der Waals surface area contributed by atoms with Gasteiger partial charge in [-0.3, -0.25) is 0 Å². The summed E-state index contributed by atoms with van der Waals surface area (Å²) in [6.45, 7) is 2.38. The van der Waals surface area contributed by atoms with Crippen LogP contribution in [0, 0.1) is 5.82 Å². The largest absolute Gasteiger partial charge is 0.417 e. The van der Waals surface area contributed by atoms with Gasteiger partial charge in [-0.05, 0) is 24.3 Å². The maximum absolute atomic E-state index is 12.7. The van der Waals surface area contributed by atoms with Gasteiger partial charge >= 0.3 is 12.1 Å². The van der Waals surface area contributed by atoms with E-state index < -0.39 is 17.9 Å². The SMILES string of the molecule is O=C(OC(=O)N1CCNCC1)c1ccc(F)cc1. The third-order valence-electron chi connectivity index (χ3n) is 2.64. The molecule has 0 radical (unpaired) electrons. The molecule has 0 saturated carbocycles. The molecule has 0 aliphatic carbocycles. The Kier molecular flexibility index (Phi) is 3.88. The van der Waals surface area contributed by atoms with Crippen molar-refractivity contribution >= 4 is 12.1 Å². The van der Waals surface area contributed by atoms with Gasteiger partial charge < -0.3 is 15.0 Å². The van der Waals surface area contributed by atoms with Crippen LogP contribution in [0.5, 0.6) is 0 Å². The summed E-state index contributed by atoms with van der Waals surface area (Å²) >= 11 is 0. The summed E-state index contributed by atoms with van der Waals surface area (Å²) in [6.07, 6.45) is -0.661. The molecule has 5 nitrogen and oxygen atoms in total. The van der Waals surface area contributed by atoms with E-state index in [-0.39, 0.29) is 5.56 Å². The van der Waals surface area contributed by atoms with E-state index in [0.29, 0.717) is 26.2 Å². The Balaban J connectivity index is 1.94. The van der Waals surface area contributed by atoms with Crippen molar-refractivity contribution in [2.24, 2.45) is 0 Å². The molecule has 1 aromatic carbocycles. The Labute approximate surface area is 104 Å². The third kappa shape index (κ3) is 3.04. The maximum Gasteiger partial charge on any atom is 0.417 e. The van der Waals surface area contributed by atoms with Gasteiger partial charge in [0, 0.05) is 26.2 Å². The molecule has 0 spiro atoms. The molecule has 18 heavy (non-hydrogen) atoms. The number of amides is 1. The molecular weight excluding hydrogens is 239 g/mol. The van der Waals surface area contributed by atoms with Crippen LogP contribution in [0.3, 0.4) is 0 Å². The lowest BCUT2D eigenvalue weighted by molar-refractivity contribution is 0.0532. The van der Waals surface area contributed by atoms with Gasteiger partial charge in [0.1, 0.15) is 5.82 Å². The molecule has 1 fully saturated rings. The molecule has 2 rings (SSSR count). The molecule has 6 heteroatoms. The van der Waals surface area contributed by atoms with Gasteiger partial charge in [0.25, 0.3) is 0 Å². The second-order valence-electron chi connectivity index (χ2n) is 3.90. The molecule has 0 bridgehead atoms. The third-order valence-corrected chi connectivity index (χ3v) is 2.64. The predicted molar refractivity (Wildman–Crippen MR) is 61.7 cm³/mol. The number of halogens is 1. The average Bonchev–Trinajstić information content (AvgIpc) is 2.40. The molecule has 1 aliphatic rings. The van der Waals surface area contributed by atoms with E-state index >= 15 is 0 Å². The molecule has 0 atom stereocenters. The van der Waals surface area contributed by atoms with Crippen molar-refractivity contribution in [3.8, 4) is 0 Å². The number of benzene rings is 1.